The fourth-order valence-corrected chi connectivity index (χ4v) is 2.60. The van der Waals surface area contributed by atoms with Gasteiger partial charge in [-0.15, -0.1) is 0 Å². The van der Waals surface area contributed by atoms with Crippen LogP contribution in [0, 0.1) is 6.92 Å². The maximum absolute atomic E-state index is 6.28. The van der Waals surface area contributed by atoms with Crippen LogP contribution in [-0.4, -0.2) is 11.5 Å². The van der Waals surface area contributed by atoms with Crippen molar-refractivity contribution in [1.29, 1.82) is 0 Å². The van der Waals surface area contributed by atoms with Crippen molar-refractivity contribution in [2.75, 3.05) is 6.54 Å². The molecule has 3 heteroatoms. The van der Waals surface area contributed by atoms with Crippen molar-refractivity contribution in [2.45, 2.75) is 33.2 Å². The van der Waals surface area contributed by atoms with E-state index in [2.05, 4.69) is 48.4 Å². The highest BCUT2D eigenvalue weighted by atomic mass is 35.5. The molecule has 0 fully saturated rings. The number of nitrogens with zero attached hydrogens (tertiary/aromatic N) is 1. The SMILES string of the molecule is CCNC(c1ccc(C)c(Cl)c1)c1ccncc1CC. The molecule has 0 saturated carbocycles. The number of hydrogen-bond donors (Lipinski definition) is 1. The minimum absolute atomic E-state index is 0.163. The number of rotatable bonds is 5. The Morgan fingerprint density at radius 1 is 1.25 bits per heavy atom. The molecule has 1 heterocycles. The third kappa shape index (κ3) is 3.20. The van der Waals surface area contributed by atoms with E-state index in [0.717, 1.165) is 23.6 Å². The second kappa shape index (κ2) is 6.87. The average molecular weight is 289 g/mol. The van der Waals surface area contributed by atoms with Gasteiger partial charge in [0, 0.05) is 17.4 Å². The predicted octanol–water partition coefficient (Wildman–Crippen LogP) is 4.30. The van der Waals surface area contributed by atoms with Crippen molar-refractivity contribution in [1.82, 2.24) is 10.3 Å². The van der Waals surface area contributed by atoms with Gasteiger partial charge in [-0.1, -0.05) is 37.6 Å². The van der Waals surface area contributed by atoms with Crippen LogP contribution in [0.2, 0.25) is 5.02 Å². The smallest absolute Gasteiger partial charge is 0.0581 e. The summed E-state index contributed by atoms with van der Waals surface area (Å²) in [5, 5.41) is 4.37. The number of aromatic nitrogens is 1. The van der Waals surface area contributed by atoms with Crippen LogP contribution >= 0.6 is 11.6 Å². The fraction of sp³-hybridized carbons (Fsp3) is 0.353. The van der Waals surface area contributed by atoms with Crippen molar-refractivity contribution < 1.29 is 0 Å². The molecule has 0 aliphatic carbocycles. The Morgan fingerprint density at radius 2 is 2.05 bits per heavy atom. The first-order valence-corrected chi connectivity index (χ1v) is 7.47. The lowest BCUT2D eigenvalue weighted by molar-refractivity contribution is 0.624. The lowest BCUT2D eigenvalue weighted by Crippen LogP contribution is -2.23. The van der Waals surface area contributed by atoms with E-state index in [9.17, 15) is 0 Å². The van der Waals surface area contributed by atoms with E-state index in [1.807, 2.05) is 19.3 Å². The summed E-state index contributed by atoms with van der Waals surface area (Å²) in [6.07, 6.45) is 4.79. The number of hydrogen-bond acceptors (Lipinski definition) is 2. The summed E-state index contributed by atoms with van der Waals surface area (Å²) in [6, 6.07) is 8.55. The van der Waals surface area contributed by atoms with Gasteiger partial charge in [0.2, 0.25) is 0 Å². The van der Waals surface area contributed by atoms with Gasteiger partial charge < -0.3 is 5.32 Å². The van der Waals surface area contributed by atoms with E-state index in [-0.39, 0.29) is 6.04 Å². The average Bonchev–Trinajstić information content (AvgIpc) is 2.48. The lowest BCUT2D eigenvalue weighted by Gasteiger charge is -2.22. The molecule has 0 radical (unpaired) electrons. The Bertz CT molecular complexity index is 581. The number of pyridine rings is 1. The molecule has 2 aromatic rings. The standard InChI is InChI=1S/C17H21ClN2/c1-4-13-11-19-9-8-15(13)17(20-5-2)14-7-6-12(3)16(18)10-14/h6-11,17,20H,4-5H2,1-3H3. The Hall–Kier alpha value is -1.38. The van der Waals surface area contributed by atoms with Crippen LogP contribution < -0.4 is 5.32 Å². The van der Waals surface area contributed by atoms with E-state index in [4.69, 9.17) is 11.6 Å². The summed E-state index contributed by atoms with van der Waals surface area (Å²) in [5.41, 5.74) is 4.86. The van der Waals surface area contributed by atoms with E-state index in [0.29, 0.717) is 0 Å². The Balaban J connectivity index is 2.47. The molecule has 0 aliphatic rings. The van der Waals surface area contributed by atoms with E-state index in [1.54, 1.807) is 0 Å². The summed E-state index contributed by atoms with van der Waals surface area (Å²) in [5.74, 6) is 0. The van der Waals surface area contributed by atoms with Gasteiger partial charge in [0.05, 0.1) is 6.04 Å². The zero-order valence-electron chi connectivity index (χ0n) is 12.3. The second-order valence-electron chi connectivity index (χ2n) is 4.93. The van der Waals surface area contributed by atoms with Crippen molar-refractivity contribution in [3.63, 3.8) is 0 Å². The lowest BCUT2D eigenvalue weighted by atomic mass is 9.94. The normalized spacial score (nSPS) is 12.4. The highest BCUT2D eigenvalue weighted by Crippen LogP contribution is 2.28. The fourth-order valence-electron chi connectivity index (χ4n) is 2.42. The summed E-state index contributed by atoms with van der Waals surface area (Å²) < 4.78 is 0. The number of benzene rings is 1. The molecule has 1 unspecified atom stereocenters. The third-order valence-electron chi connectivity index (χ3n) is 3.57. The van der Waals surface area contributed by atoms with E-state index in [1.165, 1.54) is 16.7 Å². The van der Waals surface area contributed by atoms with Gasteiger partial charge in [-0.25, -0.2) is 0 Å². The van der Waals surface area contributed by atoms with Gasteiger partial charge in [-0.3, -0.25) is 4.98 Å². The van der Waals surface area contributed by atoms with Crippen LogP contribution in [0.25, 0.3) is 0 Å². The van der Waals surface area contributed by atoms with Crippen LogP contribution in [0.4, 0.5) is 0 Å². The first-order valence-electron chi connectivity index (χ1n) is 7.09. The van der Waals surface area contributed by atoms with Crippen LogP contribution in [-0.2, 0) is 6.42 Å². The Morgan fingerprint density at radius 3 is 2.70 bits per heavy atom. The van der Waals surface area contributed by atoms with Crippen molar-refractivity contribution in [3.05, 3.63) is 63.9 Å². The van der Waals surface area contributed by atoms with Gasteiger partial charge in [0.1, 0.15) is 0 Å². The Labute approximate surface area is 126 Å². The molecule has 0 amide bonds. The molecule has 2 nitrogen and oxygen atoms in total. The monoisotopic (exact) mass is 288 g/mol. The van der Waals surface area contributed by atoms with Crippen LogP contribution in [0.1, 0.15) is 42.1 Å². The second-order valence-corrected chi connectivity index (χ2v) is 5.33. The van der Waals surface area contributed by atoms with Crippen molar-refractivity contribution in [3.8, 4) is 0 Å². The molecule has 1 aromatic heterocycles. The number of aryl methyl sites for hydroxylation is 2. The molecule has 2 rings (SSSR count). The number of halogens is 1. The summed E-state index contributed by atoms with van der Waals surface area (Å²) >= 11 is 6.28. The Kier molecular flexibility index (Phi) is 5.16. The molecular formula is C17H21ClN2. The molecule has 1 aromatic carbocycles. The highest BCUT2D eigenvalue weighted by Gasteiger charge is 2.16. The van der Waals surface area contributed by atoms with Gasteiger partial charge in [0.15, 0.2) is 0 Å². The van der Waals surface area contributed by atoms with Crippen LogP contribution in [0.15, 0.2) is 36.7 Å². The van der Waals surface area contributed by atoms with E-state index >= 15 is 0 Å². The topological polar surface area (TPSA) is 24.9 Å². The minimum atomic E-state index is 0.163. The van der Waals surface area contributed by atoms with Crippen LogP contribution in [0.5, 0.6) is 0 Å². The maximum Gasteiger partial charge on any atom is 0.0581 e. The van der Waals surface area contributed by atoms with Gasteiger partial charge in [-0.2, -0.15) is 0 Å². The summed E-state index contributed by atoms with van der Waals surface area (Å²) in [6.45, 7) is 7.21. The molecule has 1 N–H and O–H groups in total. The molecule has 20 heavy (non-hydrogen) atoms. The molecule has 0 saturated heterocycles. The zero-order valence-corrected chi connectivity index (χ0v) is 13.0. The molecule has 1 atom stereocenters. The minimum Gasteiger partial charge on any atom is -0.307 e. The molecule has 0 bridgehead atoms. The van der Waals surface area contributed by atoms with Gasteiger partial charge >= 0.3 is 0 Å². The zero-order chi connectivity index (χ0) is 14.5. The molecule has 0 aliphatic heterocycles. The van der Waals surface area contributed by atoms with E-state index < -0.39 is 0 Å². The van der Waals surface area contributed by atoms with Gasteiger partial charge in [0.25, 0.3) is 0 Å². The number of nitrogens with one attached hydrogen (secondary N) is 1. The largest absolute Gasteiger partial charge is 0.307 e. The first-order chi connectivity index (χ1) is 9.67. The molecule has 0 spiro atoms. The van der Waals surface area contributed by atoms with Crippen LogP contribution in [0.3, 0.4) is 0 Å². The summed E-state index contributed by atoms with van der Waals surface area (Å²) in [7, 11) is 0. The molecule has 106 valence electrons. The predicted molar refractivity (Wildman–Crippen MR) is 85.3 cm³/mol. The third-order valence-corrected chi connectivity index (χ3v) is 3.98. The maximum atomic E-state index is 6.28. The molecular weight excluding hydrogens is 268 g/mol. The van der Waals surface area contributed by atoms with Crippen molar-refractivity contribution >= 4 is 11.6 Å². The van der Waals surface area contributed by atoms with Gasteiger partial charge in [-0.05, 0) is 54.3 Å². The quantitative estimate of drug-likeness (QED) is 0.887. The highest BCUT2D eigenvalue weighted by molar-refractivity contribution is 6.31. The summed E-state index contributed by atoms with van der Waals surface area (Å²) in [4.78, 5) is 4.23. The first kappa shape index (κ1) is 15.0. The van der Waals surface area contributed by atoms with Crippen molar-refractivity contribution in [2.24, 2.45) is 0 Å².